The van der Waals surface area contributed by atoms with Crippen molar-refractivity contribution in [3.05, 3.63) is 29.3 Å². The van der Waals surface area contributed by atoms with Crippen molar-refractivity contribution in [1.29, 1.82) is 0 Å². The number of nitrogens with one attached hydrogen (secondary N) is 1. The van der Waals surface area contributed by atoms with Crippen LogP contribution in [0.4, 0.5) is 18.9 Å². The van der Waals surface area contributed by atoms with Gasteiger partial charge in [0.15, 0.2) is 0 Å². The first-order chi connectivity index (χ1) is 12.2. The average molecular weight is 370 g/mol. The van der Waals surface area contributed by atoms with Gasteiger partial charge in [-0.05, 0) is 43.4 Å². The lowest BCUT2D eigenvalue weighted by atomic mass is 10.1. The van der Waals surface area contributed by atoms with E-state index in [9.17, 15) is 32.7 Å². The number of carboxylic acids is 1. The topological polar surface area (TPSA) is 86.7 Å². The molecule has 3 rings (SSSR count). The minimum atomic E-state index is -4.70. The Bertz CT molecular complexity index is 759. The number of nitrogens with zero attached hydrogens (tertiary/aromatic N) is 1. The molecule has 1 aromatic rings. The molecule has 0 radical (unpaired) electrons. The quantitative estimate of drug-likeness (QED) is 0.834. The minimum Gasteiger partial charge on any atom is -0.480 e. The number of amides is 2. The summed E-state index contributed by atoms with van der Waals surface area (Å²) < 4.78 is 39.6. The minimum absolute atomic E-state index is 0.00854. The highest BCUT2D eigenvalue weighted by molar-refractivity contribution is 6.00. The Morgan fingerprint density at radius 3 is 2.42 bits per heavy atom. The van der Waals surface area contributed by atoms with Gasteiger partial charge < -0.3 is 15.3 Å². The number of carbonyl (C=O) groups is 3. The molecule has 0 bridgehead atoms. The molecule has 1 aliphatic carbocycles. The Morgan fingerprint density at radius 2 is 1.92 bits per heavy atom. The second-order valence-corrected chi connectivity index (χ2v) is 6.54. The Labute approximate surface area is 147 Å². The number of alkyl halides is 3. The normalized spacial score (nSPS) is 18.7. The second kappa shape index (κ2) is 6.62. The summed E-state index contributed by atoms with van der Waals surface area (Å²) in [7, 11) is 0. The molecule has 1 aliphatic heterocycles. The lowest BCUT2D eigenvalue weighted by molar-refractivity contribution is -0.140. The highest BCUT2D eigenvalue weighted by Crippen LogP contribution is 2.35. The lowest BCUT2D eigenvalue weighted by Crippen LogP contribution is -2.42. The molecule has 0 spiro atoms. The van der Waals surface area contributed by atoms with Crippen LogP contribution in [-0.4, -0.2) is 35.5 Å². The molecule has 26 heavy (non-hydrogen) atoms. The number of hydrogen-bond donors (Lipinski definition) is 2. The molecular weight excluding hydrogens is 353 g/mol. The molecule has 1 aromatic carbocycles. The summed E-state index contributed by atoms with van der Waals surface area (Å²) >= 11 is 0. The smallest absolute Gasteiger partial charge is 0.416 e. The van der Waals surface area contributed by atoms with E-state index in [4.69, 9.17) is 0 Å². The molecule has 1 saturated carbocycles. The van der Waals surface area contributed by atoms with Crippen molar-refractivity contribution in [1.82, 2.24) is 5.32 Å². The van der Waals surface area contributed by atoms with Gasteiger partial charge in [0.25, 0.3) is 5.91 Å². The standard InChI is InChI=1S/C17H17F3N2O4/c18-17(19,20)11-6-10(7-12(8-11)22-5-1-2-13(22)23)15(24)21-14(16(25)26)9-3-4-9/h6-9,14H,1-5H2,(H,21,24)(H,25,26). The number of anilines is 1. The Hall–Kier alpha value is -2.58. The first-order valence-corrected chi connectivity index (χ1v) is 8.23. The molecule has 0 aromatic heterocycles. The summed E-state index contributed by atoms with van der Waals surface area (Å²) in [6.45, 7) is 0.279. The maximum atomic E-state index is 13.2. The van der Waals surface area contributed by atoms with E-state index in [2.05, 4.69) is 5.32 Å². The number of aliphatic carboxylic acids is 1. The van der Waals surface area contributed by atoms with Crippen LogP contribution in [0.25, 0.3) is 0 Å². The molecule has 2 aliphatic rings. The van der Waals surface area contributed by atoms with Crippen molar-refractivity contribution in [2.75, 3.05) is 11.4 Å². The van der Waals surface area contributed by atoms with Gasteiger partial charge in [-0.2, -0.15) is 13.2 Å². The van der Waals surface area contributed by atoms with E-state index in [1.54, 1.807) is 0 Å². The van der Waals surface area contributed by atoms with E-state index in [0.717, 1.165) is 6.07 Å². The van der Waals surface area contributed by atoms with E-state index in [1.165, 1.54) is 11.0 Å². The number of hydrogen-bond acceptors (Lipinski definition) is 3. The largest absolute Gasteiger partial charge is 0.480 e. The summed E-state index contributed by atoms with van der Waals surface area (Å²) in [5.41, 5.74) is -1.38. The summed E-state index contributed by atoms with van der Waals surface area (Å²) in [5, 5.41) is 11.5. The zero-order chi connectivity index (χ0) is 19.1. The van der Waals surface area contributed by atoms with Crippen LogP contribution >= 0.6 is 0 Å². The fourth-order valence-corrected chi connectivity index (χ4v) is 3.02. The van der Waals surface area contributed by atoms with Gasteiger partial charge in [-0.1, -0.05) is 0 Å². The first-order valence-electron chi connectivity index (χ1n) is 8.23. The molecule has 2 fully saturated rings. The zero-order valence-electron chi connectivity index (χ0n) is 13.7. The highest BCUT2D eigenvalue weighted by atomic mass is 19.4. The molecule has 9 heteroatoms. The van der Waals surface area contributed by atoms with Crippen molar-refractivity contribution < 1.29 is 32.7 Å². The zero-order valence-corrected chi connectivity index (χ0v) is 13.7. The van der Waals surface area contributed by atoms with Crippen LogP contribution < -0.4 is 10.2 Å². The van der Waals surface area contributed by atoms with Crippen molar-refractivity contribution in [2.45, 2.75) is 37.9 Å². The molecule has 6 nitrogen and oxygen atoms in total. The third kappa shape index (κ3) is 3.81. The number of carboxylic acid groups (broad SMARTS) is 1. The lowest BCUT2D eigenvalue weighted by Gasteiger charge is -2.20. The van der Waals surface area contributed by atoms with Gasteiger partial charge in [-0.15, -0.1) is 0 Å². The van der Waals surface area contributed by atoms with Gasteiger partial charge in [0.1, 0.15) is 6.04 Å². The molecule has 1 unspecified atom stereocenters. The second-order valence-electron chi connectivity index (χ2n) is 6.54. The predicted octanol–water partition coefficient (Wildman–Crippen LogP) is 2.43. The van der Waals surface area contributed by atoms with E-state index in [1.807, 2.05) is 0 Å². The van der Waals surface area contributed by atoms with E-state index in [0.29, 0.717) is 25.3 Å². The number of carbonyl (C=O) groups excluding carboxylic acids is 2. The van der Waals surface area contributed by atoms with Gasteiger partial charge in [-0.25, -0.2) is 4.79 Å². The third-order valence-electron chi connectivity index (χ3n) is 4.54. The van der Waals surface area contributed by atoms with Crippen LogP contribution in [0, 0.1) is 5.92 Å². The maximum absolute atomic E-state index is 13.2. The van der Waals surface area contributed by atoms with Crippen molar-refractivity contribution >= 4 is 23.5 Å². The van der Waals surface area contributed by atoms with Gasteiger partial charge in [-0.3, -0.25) is 9.59 Å². The summed E-state index contributed by atoms with van der Waals surface area (Å²) in [6, 6.07) is 1.56. The van der Waals surface area contributed by atoms with Crippen LogP contribution in [0.3, 0.4) is 0 Å². The van der Waals surface area contributed by atoms with Gasteiger partial charge in [0, 0.05) is 24.2 Å². The fraction of sp³-hybridized carbons (Fsp3) is 0.471. The summed E-state index contributed by atoms with van der Waals surface area (Å²) in [4.78, 5) is 36.7. The summed E-state index contributed by atoms with van der Waals surface area (Å²) in [5.74, 6) is -2.63. The van der Waals surface area contributed by atoms with E-state index < -0.39 is 29.7 Å². The summed E-state index contributed by atoms with van der Waals surface area (Å²) in [6.07, 6.45) is -2.64. The molecular formula is C17H17F3N2O4. The average Bonchev–Trinajstić information content (AvgIpc) is 3.31. The van der Waals surface area contributed by atoms with Gasteiger partial charge in [0.2, 0.25) is 5.91 Å². The predicted molar refractivity (Wildman–Crippen MR) is 84.6 cm³/mol. The van der Waals surface area contributed by atoms with Gasteiger partial charge in [0.05, 0.1) is 5.56 Å². The van der Waals surface area contributed by atoms with E-state index >= 15 is 0 Å². The maximum Gasteiger partial charge on any atom is 0.416 e. The Balaban J connectivity index is 1.93. The molecule has 140 valence electrons. The van der Waals surface area contributed by atoms with Crippen LogP contribution in [0.5, 0.6) is 0 Å². The molecule has 1 atom stereocenters. The van der Waals surface area contributed by atoms with E-state index in [-0.39, 0.29) is 36.0 Å². The highest BCUT2D eigenvalue weighted by Gasteiger charge is 2.38. The van der Waals surface area contributed by atoms with Crippen LogP contribution in [-0.2, 0) is 15.8 Å². The SMILES string of the molecule is O=C(NC(C(=O)O)C1CC1)c1cc(N2CCCC2=O)cc(C(F)(F)F)c1. The van der Waals surface area contributed by atoms with Crippen LogP contribution in [0.1, 0.15) is 41.6 Å². The van der Waals surface area contributed by atoms with Gasteiger partial charge >= 0.3 is 12.1 Å². The molecule has 2 N–H and O–H groups in total. The van der Waals surface area contributed by atoms with Crippen molar-refractivity contribution in [3.8, 4) is 0 Å². The molecule has 1 heterocycles. The number of rotatable bonds is 5. The monoisotopic (exact) mass is 370 g/mol. The van der Waals surface area contributed by atoms with Crippen LogP contribution in [0.2, 0.25) is 0 Å². The first kappa shape index (κ1) is 18.2. The van der Waals surface area contributed by atoms with Crippen LogP contribution in [0.15, 0.2) is 18.2 Å². The van der Waals surface area contributed by atoms with Crippen molar-refractivity contribution in [2.24, 2.45) is 5.92 Å². The Kier molecular flexibility index (Phi) is 4.64. The van der Waals surface area contributed by atoms with Crippen molar-refractivity contribution in [3.63, 3.8) is 0 Å². The third-order valence-corrected chi connectivity index (χ3v) is 4.54. The molecule has 1 saturated heterocycles. The fourth-order valence-electron chi connectivity index (χ4n) is 3.02. The number of benzene rings is 1. The Morgan fingerprint density at radius 1 is 1.23 bits per heavy atom. The number of halogens is 3. The molecule has 2 amide bonds.